The molecule has 168 valence electrons. The SMILES string of the molecule is Cc1cc2cc(O)ccc2c(Oc2ccc(C(N)=O)c(C(F)(F)F)c2)c1-c1ccc(F)cc1. The summed E-state index contributed by atoms with van der Waals surface area (Å²) >= 11 is 0. The van der Waals surface area contributed by atoms with E-state index in [-0.39, 0.29) is 17.2 Å². The van der Waals surface area contributed by atoms with E-state index in [2.05, 4.69) is 0 Å². The molecule has 0 fully saturated rings. The molecule has 0 spiro atoms. The summed E-state index contributed by atoms with van der Waals surface area (Å²) in [5, 5.41) is 11.0. The smallest absolute Gasteiger partial charge is 0.417 e. The van der Waals surface area contributed by atoms with Crippen molar-refractivity contribution in [3.8, 4) is 28.4 Å². The fraction of sp³-hybridized carbons (Fsp3) is 0.0800. The Morgan fingerprint density at radius 2 is 1.67 bits per heavy atom. The van der Waals surface area contributed by atoms with Crippen LogP contribution in [0.25, 0.3) is 21.9 Å². The Labute approximate surface area is 185 Å². The van der Waals surface area contributed by atoms with E-state index in [0.717, 1.165) is 6.07 Å². The van der Waals surface area contributed by atoms with Crippen molar-refractivity contribution in [1.82, 2.24) is 0 Å². The summed E-state index contributed by atoms with van der Waals surface area (Å²) in [5.74, 6) is -1.60. The van der Waals surface area contributed by atoms with E-state index >= 15 is 0 Å². The summed E-state index contributed by atoms with van der Waals surface area (Å²) in [6.07, 6.45) is -4.83. The van der Waals surface area contributed by atoms with Crippen LogP contribution in [0.5, 0.6) is 17.2 Å². The van der Waals surface area contributed by atoms with Gasteiger partial charge in [0.25, 0.3) is 0 Å². The lowest BCUT2D eigenvalue weighted by Crippen LogP contribution is -2.18. The van der Waals surface area contributed by atoms with Gasteiger partial charge < -0.3 is 15.6 Å². The third-order valence-electron chi connectivity index (χ3n) is 5.19. The molecule has 3 N–H and O–H groups in total. The Morgan fingerprint density at radius 1 is 0.970 bits per heavy atom. The van der Waals surface area contributed by atoms with Gasteiger partial charge >= 0.3 is 6.18 Å². The first-order valence-electron chi connectivity index (χ1n) is 9.76. The van der Waals surface area contributed by atoms with Crippen LogP contribution in [0.2, 0.25) is 0 Å². The maximum atomic E-state index is 13.5. The number of ether oxygens (including phenoxy) is 1. The van der Waals surface area contributed by atoms with Crippen molar-refractivity contribution in [2.24, 2.45) is 5.73 Å². The van der Waals surface area contributed by atoms with Crippen LogP contribution in [0.15, 0.2) is 66.7 Å². The number of phenols is 1. The molecule has 0 atom stereocenters. The molecule has 0 unspecified atom stereocenters. The highest BCUT2D eigenvalue weighted by Gasteiger charge is 2.35. The van der Waals surface area contributed by atoms with Gasteiger partial charge in [0.2, 0.25) is 5.91 Å². The lowest BCUT2D eigenvalue weighted by molar-refractivity contribution is -0.138. The molecule has 8 heteroatoms. The summed E-state index contributed by atoms with van der Waals surface area (Å²) in [6, 6.07) is 14.8. The molecule has 0 bridgehead atoms. The second-order valence-electron chi connectivity index (χ2n) is 7.48. The van der Waals surface area contributed by atoms with E-state index in [9.17, 15) is 27.5 Å². The van der Waals surface area contributed by atoms with Gasteiger partial charge in [0.05, 0.1) is 11.1 Å². The number of fused-ring (bicyclic) bond motifs is 1. The van der Waals surface area contributed by atoms with Crippen molar-refractivity contribution in [2.75, 3.05) is 0 Å². The monoisotopic (exact) mass is 455 g/mol. The second kappa shape index (κ2) is 8.12. The number of hydrogen-bond acceptors (Lipinski definition) is 3. The average molecular weight is 455 g/mol. The summed E-state index contributed by atoms with van der Waals surface area (Å²) in [7, 11) is 0. The van der Waals surface area contributed by atoms with Gasteiger partial charge in [-0.25, -0.2) is 4.39 Å². The van der Waals surface area contributed by atoms with Crippen molar-refractivity contribution in [1.29, 1.82) is 0 Å². The molecule has 0 aromatic heterocycles. The zero-order valence-corrected chi connectivity index (χ0v) is 17.2. The Hall–Kier alpha value is -4.07. The van der Waals surface area contributed by atoms with E-state index < -0.39 is 29.0 Å². The quantitative estimate of drug-likeness (QED) is 0.342. The lowest BCUT2D eigenvalue weighted by Gasteiger charge is -2.19. The standard InChI is InChI=1S/C25H17F4NO3/c1-13-10-15-11-17(31)6-8-19(15)23(22(13)14-2-4-16(26)5-3-14)33-18-7-9-20(24(30)32)21(12-18)25(27,28)29/h2-12,31H,1H3,(H2,30,32). The molecule has 0 aliphatic rings. The lowest BCUT2D eigenvalue weighted by atomic mass is 9.94. The Morgan fingerprint density at radius 3 is 2.30 bits per heavy atom. The molecule has 4 rings (SSSR count). The number of nitrogens with two attached hydrogens (primary N) is 1. The van der Waals surface area contributed by atoms with Gasteiger partial charge in [0.15, 0.2) is 0 Å². The zero-order chi connectivity index (χ0) is 23.9. The zero-order valence-electron chi connectivity index (χ0n) is 17.2. The molecule has 33 heavy (non-hydrogen) atoms. The number of amides is 1. The minimum absolute atomic E-state index is 0.00699. The van der Waals surface area contributed by atoms with Gasteiger partial charge in [-0.05, 0) is 72.0 Å². The maximum absolute atomic E-state index is 13.5. The number of alkyl halides is 3. The van der Waals surface area contributed by atoms with Gasteiger partial charge in [-0.2, -0.15) is 13.2 Å². The van der Waals surface area contributed by atoms with Crippen LogP contribution in [0, 0.1) is 12.7 Å². The number of halogens is 4. The first kappa shape index (κ1) is 22.1. The number of phenolic OH excluding ortho intramolecular Hbond substituents is 1. The summed E-state index contributed by atoms with van der Waals surface area (Å²) < 4.78 is 60.1. The predicted octanol–water partition coefficient (Wildman–Crippen LogP) is 6.57. The van der Waals surface area contributed by atoms with Crippen LogP contribution in [0.1, 0.15) is 21.5 Å². The molecule has 0 radical (unpaired) electrons. The average Bonchev–Trinajstić information content (AvgIpc) is 2.73. The highest BCUT2D eigenvalue weighted by atomic mass is 19.4. The molecule has 4 aromatic carbocycles. The Bertz CT molecular complexity index is 1380. The van der Waals surface area contributed by atoms with E-state index in [0.29, 0.717) is 33.5 Å². The molecule has 1 amide bonds. The van der Waals surface area contributed by atoms with Crippen molar-refractivity contribution in [3.63, 3.8) is 0 Å². The van der Waals surface area contributed by atoms with E-state index in [1.54, 1.807) is 19.1 Å². The van der Waals surface area contributed by atoms with Crippen molar-refractivity contribution in [3.05, 3.63) is 89.2 Å². The first-order valence-corrected chi connectivity index (χ1v) is 9.76. The van der Waals surface area contributed by atoms with E-state index in [4.69, 9.17) is 10.5 Å². The number of hydrogen-bond donors (Lipinski definition) is 2. The van der Waals surface area contributed by atoms with Crippen molar-refractivity contribution in [2.45, 2.75) is 13.1 Å². The maximum Gasteiger partial charge on any atom is 0.417 e. The number of primary amides is 1. The van der Waals surface area contributed by atoms with Crippen LogP contribution < -0.4 is 10.5 Å². The van der Waals surface area contributed by atoms with Gasteiger partial charge in [-0.3, -0.25) is 4.79 Å². The molecule has 0 aliphatic heterocycles. The van der Waals surface area contributed by atoms with Gasteiger partial charge in [0.1, 0.15) is 23.1 Å². The minimum Gasteiger partial charge on any atom is -0.508 e. The second-order valence-corrected chi connectivity index (χ2v) is 7.48. The summed E-state index contributed by atoms with van der Waals surface area (Å²) in [6.45, 7) is 1.77. The third kappa shape index (κ3) is 4.32. The number of rotatable bonds is 4. The fourth-order valence-electron chi connectivity index (χ4n) is 3.73. The van der Waals surface area contributed by atoms with E-state index in [1.807, 2.05) is 0 Å². The van der Waals surface area contributed by atoms with Crippen molar-refractivity contribution < 1.29 is 32.2 Å². The van der Waals surface area contributed by atoms with Gasteiger partial charge in [-0.15, -0.1) is 0 Å². The molecular formula is C25H17F4NO3. The number of aromatic hydroxyl groups is 1. The number of aryl methyl sites for hydroxylation is 1. The van der Waals surface area contributed by atoms with Gasteiger partial charge in [0, 0.05) is 10.9 Å². The van der Waals surface area contributed by atoms with Crippen LogP contribution in [0.3, 0.4) is 0 Å². The normalized spacial score (nSPS) is 11.5. The molecule has 0 heterocycles. The fourth-order valence-corrected chi connectivity index (χ4v) is 3.73. The Balaban J connectivity index is 1.96. The van der Waals surface area contributed by atoms with Crippen LogP contribution in [-0.2, 0) is 6.18 Å². The topological polar surface area (TPSA) is 72.6 Å². The molecule has 0 saturated carbocycles. The largest absolute Gasteiger partial charge is 0.508 e. The Kier molecular flexibility index (Phi) is 5.45. The molecule has 4 aromatic rings. The number of carbonyl (C=O) groups excluding carboxylic acids is 1. The molecule has 0 saturated heterocycles. The highest BCUT2D eigenvalue weighted by Crippen LogP contribution is 2.44. The minimum atomic E-state index is -4.83. The number of carbonyl (C=O) groups is 1. The third-order valence-corrected chi connectivity index (χ3v) is 5.19. The van der Waals surface area contributed by atoms with Crippen LogP contribution >= 0.6 is 0 Å². The molecule has 4 nitrogen and oxygen atoms in total. The molecular weight excluding hydrogens is 438 g/mol. The molecule has 0 aliphatic carbocycles. The van der Waals surface area contributed by atoms with Crippen LogP contribution in [0.4, 0.5) is 17.6 Å². The number of benzene rings is 4. The van der Waals surface area contributed by atoms with Crippen molar-refractivity contribution >= 4 is 16.7 Å². The first-order chi connectivity index (χ1) is 15.5. The van der Waals surface area contributed by atoms with E-state index in [1.165, 1.54) is 42.5 Å². The summed E-state index contributed by atoms with van der Waals surface area (Å²) in [4.78, 5) is 11.5. The predicted molar refractivity (Wildman–Crippen MR) is 116 cm³/mol. The summed E-state index contributed by atoms with van der Waals surface area (Å²) in [5.41, 5.74) is 5.03. The van der Waals surface area contributed by atoms with Crippen LogP contribution in [-0.4, -0.2) is 11.0 Å². The van der Waals surface area contributed by atoms with Gasteiger partial charge in [-0.1, -0.05) is 18.2 Å². The highest BCUT2D eigenvalue weighted by molar-refractivity contribution is 5.98.